The maximum atomic E-state index is 13.3. The van der Waals surface area contributed by atoms with Crippen molar-refractivity contribution >= 4 is 33.5 Å². The number of halogens is 2. The van der Waals surface area contributed by atoms with Crippen molar-refractivity contribution < 1.29 is 9.18 Å². The maximum Gasteiger partial charge on any atom is 0.251 e. The Hall–Kier alpha value is -2.22. The SMILES string of the molecule is Cc1nc(N[C@H]2CC[C@@H](NC(=O)c3ccc(F)c(Br)c3)CC2)cc(N(C)C)n1. The van der Waals surface area contributed by atoms with Crippen LogP contribution in [0.25, 0.3) is 0 Å². The first kappa shape index (κ1) is 20.5. The zero-order valence-electron chi connectivity index (χ0n) is 16.3. The van der Waals surface area contributed by atoms with Gasteiger partial charge in [-0.3, -0.25) is 4.79 Å². The molecule has 0 aliphatic heterocycles. The molecule has 8 heteroatoms. The second-order valence-electron chi connectivity index (χ2n) is 7.35. The van der Waals surface area contributed by atoms with Crippen molar-refractivity contribution in [2.24, 2.45) is 0 Å². The van der Waals surface area contributed by atoms with E-state index in [0.29, 0.717) is 16.1 Å². The highest BCUT2D eigenvalue weighted by Gasteiger charge is 2.23. The minimum absolute atomic E-state index is 0.124. The van der Waals surface area contributed by atoms with E-state index >= 15 is 0 Å². The van der Waals surface area contributed by atoms with Crippen molar-refractivity contribution in [1.82, 2.24) is 15.3 Å². The van der Waals surface area contributed by atoms with Crippen LogP contribution in [0.2, 0.25) is 0 Å². The lowest BCUT2D eigenvalue weighted by Crippen LogP contribution is -2.40. The van der Waals surface area contributed by atoms with Gasteiger partial charge in [-0.1, -0.05) is 0 Å². The van der Waals surface area contributed by atoms with Gasteiger partial charge < -0.3 is 15.5 Å². The summed E-state index contributed by atoms with van der Waals surface area (Å²) >= 11 is 3.12. The summed E-state index contributed by atoms with van der Waals surface area (Å²) in [4.78, 5) is 23.2. The molecule has 1 fully saturated rings. The summed E-state index contributed by atoms with van der Waals surface area (Å²) in [5.41, 5.74) is 0.459. The van der Waals surface area contributed by atoms with E-state index in [2.05, 4.69) is 36.5 Å². The van der Waals surface area contributed by atoms with Crippen molar-refractivity contribution in [3.05, 3.63) is 45.9 Å². The second kappa shape index (κ2) is 8.86. The number of anilines is 2. The average Bonchev–Trinajstić information content (AvgIpc) is 2.65. The molecule has 150 valence electrons. The molecule has 1 aliphatic rings. The van der Waals surface area contributed by atoms with Crippen LogP contribution in [-0.4, -0.2) is 42.1 Å². The van der Waals surface area contributed by atoms with Gasteiger partial charge in [0.05, 0.1) is 4.47 Å². The fraction of sp³-hybridized carbons (Fsp3) is 0.450. The number of amides is 1. The van der Waals surface area contributed by atoms with Crippen molar-refractivity contribution in [3.63, 3.8) is 0 Å². The summed E-state index contributed by atoms with van der Waals surface area (Å²) in [5, 5.41) is 6.55. The average molecular weight is 450 g/mol. The molecular formula is C20H25BrFN5O. The van der Waals surface area contributed by atoms with Crippen LogP contribution >= 0.6 is 15.9 Å². The van der Waals surface area contributed by atoms with Gasteiger partial charge in [-0.25, -0.2) is 14.4 Å². The Bertz CT molecular complexity index is 852. The van der Waals surface area contributed by atoms with Gasteiger partial charge in [-0.05, 0) is 66.7 Å². The largest absolute Gasteiger partial charge is 0.367 e. The molecule has 2 aromatic rings. The Morgan fingerprint density at radius 2 is 1.82 bits per heavy atom. The molecule has 1 saturated carbocycles. The molecule has 1 aromatic carbocycles. The van der Waals surface area contributed by atoms with Crippen molar-refractivity contribution in [3.8, 4) is 0 Å². The number of nitrogens with zero attached hydrogens (tertiary/aromatic N) is 3. The van der Waals surface area contributed by atoms with E-state index < -0.39 is 0 Å². The van der Waals surface area contributed by atoms with Gasteiger partial charge >= 0.3 is 0 Å². The molecule has 1 heterocycles. The summed E-state index contributed by atoms with van der Waals surface area (Å²) in [6.45, 7) is 1.89. The molecule has 1 aliphatic carbocycles. The molecule has 6 nitrogen and oxygen atoms in total. The summed E-state index contributed by atoms with van der Waals surface area (Å²) in [5.74, 6) is 1.90. The van der Waals surface area contributed by atoms with E-state index in [-0.39, 0.29) is 17.8 Å². The molecule has 1 aromatic heterocycles. The van der Waals surface area contributed by atoms with Crippen molar-refractivity contribution in [1.29, 1.82) is 0 Å². The standard InChI is InChI=1S/C20H25BrFN5O/c1-12-23-18(11-19(24-12)27(2)3)25-14-5-7-15(8-6-14)26-20(28)13-4-9-17(22)16(21)10-13/h4,9-11,14-15H,5-8H2,1-3H3,(H,26,28)(H,23,24,25)/t14-,15+. The number of aryl methyl sites for hydroxylation is 1. The zero-order valence-corrected chi connectivity index (χ0v) is 17.9. The lowest BCUT2D eigenvalue weighted by Gasteiger charge is -2.30. The van der Waals surface area contributed by atoms with E-state index in [4.69, 9.17) is 0 Å². The van der Waals surface area contributed by atoms with Crippen molar-refractivity contribution in [2.45, 2.75) is 44.7 Å². The van der Waals surface area contributed by atoms with Crippen LogP contribution in [0.1, 0.15) is 41.9 Å². The first-order chi connectivity index (χ1) is 13.3. The molecule has 3 rings (SSSR count). The number of hydrogen-bond acceptors (Lipinski definition) is 5. The smallest absolute Gasteiger partial charge is 0.251 e. The Balaban J connectivity index is 1.53. The third-order valence-electron chi connectivity index (χ3n) is 4.88. The highest BCUT2D eigenvalue weighted by Crippen LogP contribution is 2.24. The van der Waals surface area contributed by atoms with Crippen LogP contribution < -0.4 is 15.5 Å². The Morgan fingerprint density at radius 3 is 2.46 bits per heavy atom. The molecule has 2 N–H and O–H groups in total. The minimum atomic E-state index is -0.375. The van der Waals surface area contributed by atoms with Crippen LogP contribution in [0.4, 0.5) is 16.0 Å². The number of carbonyl (C=O) groups excluding carboxylic acids is 1. The first-order valence-electron chi connectivity index (χ1n) is 9.37. The van der Waals surface area contributed by atoms with Crippen molar-refractivity contribution in [2.75, 3.05) is 24.3 Å². The highest BCUT2D eigenvalue weighted by atomic mass is 79.9. The minimum Gasteiger partial charge on any atom is -0.367 e. The third kappa shape index (κ3) is 5.19. The number of benzene rings is 1. The molecular weight excluding hydrogens is 425 g/mol. The van der Waals surface area contributed by atoms with Gasteiger partial charge in [0.15, 0.2) is 0 Å². The van der Waals surface area contributed by atoms with Gasteiger partial charge in [0.25, 0.3) is 5.91 Å². The van der Waals surface area contributed by atoms with E-state index in [9.17, 15) is 9.18 Å². The van der Waals surface area contributed by atoms with Gasteiger partial charge in [-0.2, -0.15) is 0 Å². The lowest BCUT2D eigenvalue weighted by atomic mass is 9.91. The number of rotatable bonds is 5. The molecule has 28 heavy (non-hydrogen) atoms. The number of hydrogen-bond donors (Lipinski definition) is 2. The van der Waals surface area contributed by atoms with Crippen LogP contribution in [0.3, 0.4) is 0 Å². The van der Waals surface area contributed by atoms with Gasteiger partial charge in [0, 0.05) is 37.8 Å². The summed E-state index contributed by atoms with van der Waals surface area (Å²) in [6.07, 6.45) is 3.66. The normalized spacial score (nSPS) is 19.2. The topological polar surface area (TPSA) is 70.2 Å². The van der Waals surface area contributed by atoms with E-state index in [1.807, 2.05) is 32.0 Å². The Kier molecular flexibility index (Phi) is 6.49. The molecule has 0 spiro atoms. The molecule has 0 saturated heterocycles. The van der Waals surface area contributed by atoms with E-state index in [1.54, 1.807) is 0 Å². The number of carbonyl (C=O) groups is 1. The van der Waals surface area contributed by atoms with E-state index in [1.165, 1.54) is 18.2 Å². The predicted molar refractivity (Wildman–Crippen MR) is 112 cm³/mol. The van der Waals surface area contributed by atoms with Gasteiger partial charge in [0.2, 0.25) is 0 Å². The van der Waals surface area contributed by atoms with Gasteiger partial charge in [0.1, 0.15) is 23.3 Å². The second-order valence-corrected chi connectivity index (χ2v) is 8.20. The molecule has 0 unspecified atom stereocenters. The molecule has 0 radical (unpaired) electrons. The van der Waals surface area contributed by atoms with Crippen LogP contribution in [0, 0.1) is 12.7 Å². The van der Waals surface area contributed by atoms with E-state index in [0.717, 1.165) is 43.1 Å². The van der Waals surface area contributed by atoms with Crippen LogP contribution in [0.5, 0.6) is 0 Å². The maximum absolute atomic E-state index is 13.3. The summed E-state index contributed by atoms with van der Waals surface area (Å²) in [7, 11) is 3.91. The fourth-order valence-electron chi connectivity index (χ4n) is 3.35. The number of nitrogens with one attached hydrogen (secondary N) is 2. The summed E-state index contributed by atoms with van der Waals surface area (Å²) < 4.78 is 13.6. The van der Waals surface area contributed by atoms with Crippen LogP contribution in [-0.2, 0) is 0 Å². The van der Waals surface area contributed by atoms with Crippen LogP contribution in [0.15, 0.2) is 28.7 Å². The monoisotopic (exact) mass is 449 g/mol. The van der Waals surface area contributed by atoms with Gasteiger partial charge in [-0.15, -0.1) is 0 Å². The highest BCUT2D eigenvalue weighted by molar-refractivity contribution is 9.10. The summed E-state index contributed by atoms with van der Waals surface area (Å²) in [6, 6.07) is 6.70. The molecule has 0 bridgehead atoms. The quantitative estimate of drug-likeness (QED) is 0.723. The zero-order chi connectivity index (χ0) is 20.3. The predicted octanol–water partition coefficient (Wildman–Crippen LogP) is 3.91. The molecule has 1 amide bonds. The Morgan fingerprint density at radius 1 is 1.14 bits per heavy atom. The lowest BCUT2D eigenvalue weighted by molar-refractivity contribution is 0.0926. The third-order valence-corrected chi connectivity index (χ3v) is 5.49. The fourth-order valence-corrected chi connectivity index (χ4v) is 3.73. The first-order valence-corrected chi connectivity index (χ1v) is 10.2. The Labute approximate surface area is 173 Å². The molecule has 0 atom stereocenters. The number of aromatic nitrogens is 2.